The van der Waals surface area contributed by atoms with Gasteiger partial charge in [0.1, 0.15) is 0 Å². The molecule has 1 aromatic heterocycles. The monoisotopic (exact) mass is 183 g/mol. The van der Waals surface area contributed by atoms with Crippen molar-refractivity contribution in [2.24, 2.45) is 0 Å². The van der Waals surface area contributed by atoms with E-state index in [1.54, 1.807) is 13.1 Å². The summed E-state index contributed by atoms with van der Waals surface area (Å²) in [6.07, 6.45) is 2.28. The van der Waals surface area contributed by atoms with Crippen LogP contribution in [-0.2, 0) is 0 Å². The molecule has 0 aromatic carbocycles. The fraction of sp³-hybridized carbons (Fsp3) is 0.667. The van der Waals surface area contributed by atoms with Gasteiger partial charge in [0.2, 0.25) is 0 Å². The Kier molecular flexibility index (Phi) is 3.92. The maximum atomic E-state index is 9.04. The number of nitrogens with zero attached hydrogens (tertiary/aromatic N) is 1. The quantitative estimate of drug-likeness (QED) is 0.633. The molecule has 0 fully saturated rings. The molecule has 0 saturated carbocycles. The van der Waals surface area contributed by atoms with E-state index in [2.05, 4.69) is 22.4 Å². The minimum atomic E-state index is -0.235. The van der Waals surface area contributed by atoms with E-state index in [-0.39, 0.29) is 12.1 Å². The Labute approximate surface area is 78.4 Å². The van der Waals surface area contributed by atoms with Crippen LogP contribution in [0.2, 0.25) is 0 Å². The van der Waals surface area contributed by atoms with Gasteiger partial charge >= 0.3 is 0 Å². The van der Waals surface area contributed by atoms with Crippen molar-refractivity contribution < 1.29 is 5.11 Å². The highest BCUT2D eigenvalue weighted by Gasteiger charge is 2.05. The van der Waals surface area contributed by atoms with Crippen molar-refractivity contribution in [3.05, 3.63) is 18.0 Å². The van der Waals surface area contributed by atoms with Crippen LogP contribution in [0.3, 0.4) is 0 Å². The second kappa shape index (κ2) is 4.99. The first-order chi connectivity index (χ1) is 6.20. The Hall–Kier alpha value is -0.870. The molecular formula is C9H17N3O. The molecule has 0 amide bonds. The molecule has 0 spiro atoms. The maximum Gasteiger partial charge on any atom is 0.0524 e. The van der Waals surface area contributed by atoms with E-state index in [4.69, 9.17) is 5.11 Å². The SMILES string of the molecule is CC(O)CCNC(C)c1ccn[nH]1. The van der Waals surface area contributed by atoms with Crippen molar-refractivity contribution in [3.8, 4) is 0 Å². The van der Waals surface area contributed by atoms with Crippen LogP contribution < -0.4 is 5.32 Å². The highest BCUT2D eigenvalue weighted by atomic mass is 16.3. The van der Waals surface area contributed by atoms with Crippen LogP contribution >= 0.6 is 0 Å². The molecule has 1 aromatic rings. The van der Waals surface area contributed by atoms with Crippen molar-refractivity contribution in [1.29, 1.82) is 0 Å². The fourth-order valence-corrected chi connectivity index (χ4v) is 1.13. The summed E-state index contributed by atoms with van der Waals surface area (Å²) in [6.45, 7) is 4.68. The summed E-state index contributed by atoms with van der Waals surface area (Å²) in [5, 5.41) is 19.1. The molecule has 1 rings (SSSR count). The van der Waals surface area contributed by atoms with Crippen LogP contribution in [0, 0.1) is 0 Å². The zero-order valence-corrected chi connectivity index (χ0v) is 8.12. The first-order valence-corrected chi connectivity index (χ1v) is 4.61. The third-order valence-electron chi connectivity index (χ3n) is 2.00. The Balaban J connectivity index is 2.22. The molecule has 2 unspecified atom stereocenters. The predicted octanol–water partition coefficient (Wildman–Crippen LogP) is 0.831. The molecule has 0 aliphatic heterocycles. The lowest BCUT2D eigenvalue weighted by Crippen LogP contribution is -2.22. The number of H-pyrrole nitrogens is 1. The van der Waals surface area contributed by atoms with Crippen LogP contribution in [0.15, 0.2) is 12.3 Å². The van der Waals surface area contributed by atoms with Gasteiger partial charge < -0.3 is 10.4 Å². The van der Waals surface area contributed by atoms with E-state index in [9.17, 15) is 0 Å². The lowest BCUT2D eigenvalue weighted by atomic mass is 10.2. The van der Waals surface area contributed by atoms with Gasteiger partial charge in [-0.2, -0.15) is 5.10 Å². The molecule has 0 aliphatic rings. The second-order valence-corrected chi connectivity index (χ2v) is 3.33. The Morgan fingerprint density at radius 3 is 2.92 bits per heavy atom. The Morgan fingerprint density at radius 1 is 1.62 bits per heavy atom. The summed E-state index contributed by atoms with van der Waals surface area (Å²) in [7, 11) is 0. The lowest BCUT2D eigenvalue weighted by molar-refractivity contribution is 0.182. The van der Waals surface area contributed by atoms with Crippen LogP contribution in [0.5, 0.6) is 0 Å². The van der Waals surface area contributed by atoms with E-state index >= 15 is 0 Å². The normalized spacial score (nSPS) is 15.6. The number of hydrogen-bond donors (Lipinski definition) is 3. The highest BCUT2D eigenvalue weighted by Crippen LogP contribution is 2.06. The summed E-state index contributed by atoms with van der Waals surface area (Å²) >= 11 is 0. The van der Waals surface area contributed by atoms with Gasteiger partial charge in [0, 0.05) is 12.2 Å². The van der Waals surface area contributed by atoms with Gasteiger partial charge in [-0.05, 0) is 32.9 Å². The number of aliphatic hydroxyl groups excluding tert-OH is 1. The number of nitrogens with one attached hydrogen (secondary N) is 2. The number of rotatable bonds is 5. The minimum absolute atomic E-state index is 0.235. The molecule has 13 heavy (non-hydrogen) atoms. The fourth-order valence-electron chi connectivity index (χ4n) is 1.13. The summed E-state index contributed by atoms with van der Waals surface area (Å²) in [5.74, 6) is 0. The molecule has 3 N–H and O–H groups in total. The van der Waals surface area contributed by atoms with E-state index < -0.39 is 0 Å². The average Bonchev–Trinajstić information content (AvgIpc) is 2.55. The van der Waals surface area contributed by atoms with Gasteiger partial charge in [-0.3, -0.25) is 5.10 Å². The third-order valence-corrected chi connectivity index (χ3v) is 2.00. The first-order valence-electron chi connectivity index (χ1n) is 4.61. The lowest BCUT2D eigenvalue weighted by Gasteiger charge is -2.12. The topological polar surface area (TPSA) is 60.9 Å². The van der Waals surface area contributed by atoms with Crippen molar-refractivity contribution in [3.63, 3.8) is 0 Å². The van der Waals surface area contributed by atoms with Gasteiger partial charge in [0.15, 0.2) is 0 Å². The molecule has 74 valence electrons. The zero-order chi connectivity index (χ0) is 9.68. The Morgan fingerprint density at radius 2 is 2.38 bits per heavy atom. The van der Waals surface area contributed by atoms with Gasteiger partial charge in [0.25, 0.3) is 0 Å². The molecule has 4 heteroatoms. The summed E-state index contributed by atoms with van der Waals surface area (Å²) in [5.41, 5.74) is 1.07. The molecule has 4 nitrogen and oxygen atoms in total. The standard InChI is InChI=1S/C9H17N3O/c1-7(13)3-5-10-8(2)9-4-6-11-12-9/h4,6-8,10,13H,3,5H2,1-2H3,(H,11,12). The van der Waals surface area contributed by atoms with Crippen molar-refractivity contribution in [1.82, 2.24) is 15.5 Å². The smallest absolute Gasteiger partial charge is 0.0524 e. The number of hydrogen-bond acceptors (Lipinski definition) is 3. The molecule has 1 heterocycles. The largest absolute Gasteiger partial charge is 0.393 e. The summed E-state index contributed by atoms with van der Waals surface area (Å²) in [6, 6.07) is 2.21. The summed E-state index contributed by atoms with van der Waals surface area (Å²) in [4.78, 5) is 0. The first kappa shape index (κ1) is 10.2. The minimum Gasteiger partial charge on any atom is -0.393 e. The number of aromatic amines is 1. The van der Waals surface area contributed by atoms with Gasteiger partial charge in [-0.1, -0.05) is 0 Å². The van der Waals surface area contributed by atoms with Crippen LogP contribution in [0.25, 0.3) is 0 Å². The molecule has 2 atom stereocenters. The molecule has 0 saturated heterocycles. The molecule has 0 bridgehead atoms. The van der Waals surface area contributed by atoms with E-state index in [1.807, 2.05) is 6.07 Å². The van der Waals surface area contributed by atoms with Crippen LogP contribution in [0.4, 0.5) is 0 Å². The summed E-state index contributed by atoms with van der Waals surface area (Å²) < 4.78 is 0. The molecular weight excluding hydrogens is 166 g/mol. The highest BCUT2D eigenvalue weighted by molar-refractivity contribution is 5.02. The average molecular weight is 183 g/mol. The van der Waals surface area contributed by atoms with Gasteiger partial charge in [0.05, 0.1) is 11.8 Å². The number of aromatic nitrogens is 2. The van der Waals surface area contributed by atoms with Crippen LogP contribution in [0.1, 0.15) is 32.0 Å². The van der Waals surface area contributed by atoms with Gasteiger partial charge in [-0.15, -0.1) is 0 Å². The third kappa shape index (κ3) is 3.57. The molecule has 0 aliphatic carbocycles. The van der Waals surface area contributed by atoms with Crippen molar-refractivity contribution in [2.45, 2.75) is 32.4 Å². The zero-order valence-electron chi connectivity index (χ0n) is 8.12. The Bertz CT molecular complexity index is 221. The van der Waals surface area contributed by atoms with Crippen LogP contribution in [-0.4, -0.2) is 28.0 Å². The van der Waals surface area contributed by atoms with E-state index in [1.165, 1.54) is 0 Å². The van der Waals surface area contributed by atoms with E-state index in [0.717, 1.165) is 18.7 Å². The van der Waals surface area contributed by atoms with E-state index in [0.29, 0.717) is 0 Å². The maximum absolute atomic E-state index is 9.04. The van der Waals surface area contributed by atoms with Gasteiger partial charge in [-0.25, -0.2) is 0 Å². The van der Waals surface area contributed by atoms with Crippen molar-refractivity contribution >= 4 is 0 Å². The molecule has 0 radical (unpaired) electrons. The number of aliphatic hydroxyl groups is 1. The predicted molar refractivity (Wildman–Crippen MR) is 51.3 cm³/mol. The second-order valence-electron chi connectivity index (χ2n) is 3.33. The van der Waals surface area contributed by atoms with Crippen molar-refractivity contribution in [2.75, 3.05) is 6.54 Å².